The van der Waals surface area contributed by atoms with Crippen molar-refractivity contribution >= 4 is 23.1 Å². The SMILES string of the molecule is CCC(N(CC)CC)N1c2ccccc2Sc2ccc(C#N)cc21. The Labute approximate surface area is 148 Å². The second kappa shape index (κ2) is 7.29. The fourth-order valence-electron chi connectivity index (χ4n) is 3.42. The monoisotopic (exact) mass is 337 g/mol. The van der Waals surface area contributed by atoms with Crippen LogP contribution < -0.4 is 4.90 Å². The van der Waals surface area contributed by atoms with Crippen LogP contribution in [0.5, 0.6) is 0 Å². The zero-order valence-electron chi connectivity index (χ0n) is 14.5. The summed E-state index contributed by atoms with van der Waals surface area (Å²) in [6.45, 7) is 8.68. The van der Waals surface area contributed by atoms with Crippen LogP contribution in [0.4, 0.5) is 11.4 Å². The lowest BCUT2D eigenvalue weighted by Crippen LogP contribution is -2.46. The number of anilines is 2. The van der Waals surface area contributed by atoms with Gasteiger partial charge in [-0.05, 0) is 49.8 Å². The Morgan fingerprint density at radius 3 is 2.42 bits per heavy atom. The summed E-state index contributed by atoms with van der Waals surface area (Å²) in [4.78, 5) is 7.41. The number of nitrogens with zero attached hydrogens (tertiary/aromatic N) is 3. The van der Waals surface area contributed by atoms with E-state index in [9.17, 15) is 5.26 Å². The van der Waals surface area contributed by atoms with Gasteiger partial charge in [0.05, 0.1) is 29.2 Å². The molecule has 0 radical (unpaired) electrons. The molecule has 0 aromatic heterocycles. The number of hydrogen-bond acceptors (Lipinski definition) is 4. The predicted molar refractivity (Wildman–Crippen MR) is 101 cm³/mol. The van der Waals surface area contributed by atoms with E-state index in [1.165, 1.54) is 15.5 Å². The Bertz CT molecular complexity index is 762. The molecule has 4 heteroatoms. The molecule has 1 aliphatic rings. The molecular weight excluding hydrogens is 314 g/mol. The van der Waals surface area contributed by atoms with Crippen molar-refractivity contribution in [2.24, 2.45) is 0 Å². The molecule has 1 atom stereocenters. The largest absolute Gasteiger partial charge is 0.323 e. The van der Waals surface area contributed by atoms with Gasteiger partial charge in [-0.3, -0.25) is 4.90 Å². The first kappa shape index (κ1) is 16.9. The fraction of sp³-hybridized carbons (Fsp3) is 0.350. The minimum atomic E-state index is 0.287. The van der Waals surface area contributed by atoms with Crippen molar-refractivity contribution in [1.29, 1.82) is 5.26 Å². The van der Waals surface area contributed by atoms with Crippen molar-refractivity contribution in [3.05, 3.63) is 48.0 Å². The van der Waals surface area contributed by atoms with Crippen LogP contribution in [0.3, 0.4) is 0 Å². The summed E-state index contributed by atoms with van der Waals surface area (Å²) >= 11 is 1.79. The van der Waals surface area contributed by atoms with Gasteiger partial charge in [-0.15, -0.1) is 0 Å². The first-order valence-electron chi connectivity index (χ1n) is 8.57. The van der Waals surface area contributed by atoms with Crippen LogP contribution in [-0.4, -0.2) is 24.2 Å². The summed E-state index contributed by atoms with van der Waals surface area (Å²) in [6.07, 6.45) is 1.31. The van der Waals surface area contributed by atoms with Crippen LogP contribution in [0, 0.1) is 11.3 Å². The van der Waals surface area contributed by atoms with Gasteiger partial charge in [-0.2, -0.15) is 5.26 Å². The average molecular weight is 337 g/mol. The lowest BCUT2D eigenvalue weighted by molar-refractivity contribution is 0.213. The molecule has 124 valence electrons. The third-order valence-corrected chi connectivity index (χ3v) is 5.72. The van der Waals surface area contributed by atoms with Crippen LogP contribution >= 0.6 is 11.8 Å². The summed E-state index contributed by atoms with van der Waals surface area (Å²) in [5.74, 6) is 0. The van der Waals surface area contributed by atoms with Crippen molar-refractivity contribution in [2.45, 2.75) is 43.1 Å². The Morgan fingerprint density at radius 1 is 1.04 bits per heavy atom. The highest BCUT2D eigenvalue weighted by Crippen LogP contribution is 2.49. The predicted octanol–water partition coefficient (Wildman–Crippen LogP) is 5.24. The highest BCUT2D eigenvalue weighted by atomic mass is 32.2. The highest BCUT2D eigenvalue weighted by Gasteiger charge is 2.30. The van der Waals surface area contributed by atoms with E-state index < -0.39 is 0 Å². The van der Waals surface area contributed by atoms with Crippen molar-refractivity contribution in [2.75, 3.05) is 18.0 Å². The van der Waals surface area contributed by atoms with Gasteiger partial charge in [0.25, 0.3) is 0 Å². The van der Waals surface area contributed by atoms with Crippen LogP contribution in [0.25, 0.3) is 0 Å². The number of para-hydroxylation sites is 1. The molecule has 0 N–H and O–H groups in total. The van der Waals surface area contributed by atoms with Gasteiger partial charge in [0.2, 0.25) is 0 Å². The van der Waals surface area contributed by atoms with Crippen LogP contribution in [0.1, 0.15) is 32.8 Å². The minimum Gasteiger partial charge on any atom is -0.323 e. The Kier molecular flexibility index (Phi) is 5.13. The van der Waals surface area contributed by atoms with Gasteiger partial charge in [0.1, 0.15) is 0 Å². The van der Waals surface area contributed by atoms with E-state index in [1.807, 2.05) is 12.1 Å². The molecule has 0 bridgehead atoms. The Morgan fingerprint density at radius 2 is 1.75 bits per heavy atom. The third-order valence-electron chi connectivity index (χ3n) is 4.59. The zero-order chi connectivity index (χ0) is 17.1. The van der Waals surface area contributed by atoms with Crippen molar-refractivity contribution in [3.63, 3.8) is 0 Å². The lowest BCUT2D eigenvalue weighted by Gasteiger charge is -2.43. The van der Waals surface area contributed by atoms with E-state index in [0.29, 0.717) is 5.56 Å². The van der Waals surface area contributed by atoms with Gasteiger partial charge in [0, 0.05) is 9.79 Å². The van der Waals surface area contributed by atoms with Crippen LogP contribution in [-0.2, 0) is 0 Å². The number of rotatable bonds is 5. The second-order valence-electron chi connectivity index (χ2n) is 5.84. The number of hydrogen-bond donors (Lipinski definition) is 0. The molecular formula is C20H23N3S. The smallest absolute Gasteiger partial charge is 0.0992 e. The molecule has 0 saturated heterocycles. The van der Waals surface area contributed by atoms with Crippen molar-refractivity contribution in [1.82, 2.24) is 4.90 Å². The summed E-state index contributed by atoms with van der Waals surface area (Å²) < 4.78 is 0. The van der Waals surface area contributed by atoms with Crippen molar-refractivity contribution < 1.29 is 0 Å². The maximum absolute atomic E-state index is 9.33. The standard InChI is InChI=1S/C20H23N3S/c1-4-20(22(5-2)6-3)23-16-9-7-8-10-18(16)24-19-12-11-15(14-21)13-17(19)23/h7-13,20H,4-6H2,1-3H3. The van der Waals surface area contributed by atoms with Gasteiger partial charge in [-0.25, -0.2) is 0 Å². The molecule has 0 amide bonds. The topological polar surface area (TPSA) is 30.3 Å². The second-order valence-corrected chi connectivity index (χ2v) is 6.93. The fourth-order valence-corrected chi connectivity index (χ4v) is 4.47. The van der Waals surface area contributed by atoms with Gasteiger partial charge < -0.3 is 4.90 Å². The van der Waals surface area contributed by atoms with Gasteiger partial charge in [-0.1, -0.05) is 44.7 Å². The summed E-state index contributed by atoms with van der Waals surface area (Å²) in [5.41, 5.74) is 3.11. The molecule has 2 aromatic carbocycles. The van der Waals surface area contributed by atoms with E-state index in [1.54, 1.807) is 11.8 Å². The average Bonchev–Trinajstić information content (AvgIpc) is 2.64. The zero-order valence-corrected chi connectivity index (χ0v) is 15.3. The molecule has 1 unspecified atom stereocenters. The number of fused-ring (bicyclic) bond motifs is 2. The molecule has 0 spiro atoms. The molecule has 3 rings (SSSR count). The van der Waals surface area contributed by atoms with Crippen molar-refractivity contribution in [3.8, 4) is 6.07 Å². The lowest BCUT2D eigenvalue weighted by atomic mass is 10.1. The Hall–Kier alpha value is -1.96. The minimum absolute atomic E-state index is 0.287. The Balaban J connectivity index is 2.18. The molecule has 1 aliphatic heterocycles. The van der Waals surface area contributed by atoms with E-state index in [0.717, 1.165) is 25.2 Å². The van der Waals surface area contributed by atoms with Gasteiger partial charge >= 0.3 is 0 Å². The van der Waals surface area contributed by atoms with Crippen LogP contribution in [0.15, 0.2) is 52.3 Å². The van der Waals surface area contributed by atoms with E-state index >= 15 is 0 Å². The summed E-state index contributed by atoms with van der Waals surface area (Å²) in [5, 5.41) is 9.33. The molecule has 0 saturated carbocycles. The molecule has 24 heavy (non-hydrogen) atoms. The maximum atomic E-state index is 9.33. The molecule has 3 nitrogen and oxygen atoms in total. The van der Waals surface area contributed by atoms with Gasteiger partial charge in [0.15, 0.2) is 0 Å². The van der Waals surface area contributed by atoms with E-state index in [2.05, 4.69) is 67.0 Å². The highest BCUT2D eigenvalue weighted by molar-refractivity contribution is 7.99. The molecule has 1 heterocycles. The number of nitriles is 1. The third kappa shape index (κ3) is 2.90. The quantitative estimate of drug-likeness (QED) is 0.746. The first-order chi connectivity index (χ1) is 11.7. The van der Waals surface area contributed by atoms with E-state index in [-0.39, 0.29) is 6.17 Å². The van der Waals surface area contributed by atoms with Crippen LogP contribution in [0.2, 0.25) is 0 Å². The molecule has 2 aromatic rings. The number of benzene rings is 2. The maximum Gasteiger partial charge on any atom is 0.0992 e. The molecule has 0 aliphatic carbocycles. The normalized spacial score (nSPS) is 14.0. The first-order valence-corrected chi connectivity index (χ1v) is 9.39. The summed E-state index contributed by atoms with van der Waals surface area (Å²) in [6, 6.07) is 16.9. The van der Waals surface area contributed by atoms with E-state index in [4.69, 9.17) is 0 Å². The summed E-state index contributed by atoms with van der Waals surface area (Å²) in [7, 11) is 0. The molecule has 0 fully saturated rings.